The predicted octanol–water partition coefficient (Wildman–Crippen LogP) is 6.51. The van der Waals surface area contributed by atoms with Crippen LogP contribution in [0.15, 0.2) is 37.6 Å². The summed E-state index contributed by atoms with van der Waals surface area (Å²) in [6.45, 7) is 7.48. The first-order chi connectivity index (χ1) is 19.5. The first kappa shape index (κ1) is 34.6. The third kappa shape index (κ3) is 11.6. The molecule has 1 fully saturated rings. The largest absolute Gasteiger partial charge is 0.463 e. The molecule has 41 heavy (non-hydrogen) atoms. The third-order valence-electron chi connectivity index (χ3n) is 7.39. The first-order valence-corrected chi connectivity index (χ1v) is 15.1. The number of hydrogen-bond donors (Lipinski definition) is 1. The van der Waals surface area contributed by atoms with E-state index < -0.39 is 24.5 Å². The van der Waals surface area contributed by atoms with Gasteiger partial charge in [0.2, 0.25) is 0 Å². The summed E-state index contributed by atoms with van der Waals surface area (Å²) in [6, 6.07) is 1.80. The lowest BCUT2D eigenvalue weighted by Gasteiger charge is -2.22. The topological polar surface area (TPSA) is 113 Å². The molecule has 1 N–H and O–H groups in total. The van der Waals surface area contributed by atoms with E-state index in [1.54, 1.807) is 16.8 Å². The minimum atomic E-state index is -0.740. The second-order valence-corrected chi connectivity index (χ2v) is 10.7. The van der Waals surface area contributed by atoms with Gasteiger partial charge in [0.05, 0.1) is 0 Å². The van der Waals surface area contributed by atoms with Crippen LogP contribution in [0.5, 0.6) is 6.01 Å². The summed E-state index contributed by atoms with van der Waals surface area (Å²) >= 11 is 0. The summed E-state index contributed by atoms with van der Waals surface area (Å²) in [6.07, 6.45) is 18.5. The van der Waals surface area contributed by atoms with Crippen molar-refractivity contribution in [1.82, 2.24) is 9.55 Å². The molecule has 3 heterocycles. The zero-order valence-electron chi connectivity index (χ0n) is 24.3. The molecular weight excluding hydrogens is 546 g/mol. The number of hydrogen-bond acceptors (Lipinski definition) is 8. The lowest BCUT2D eigenvalue weighted by molar-refractivity contribution is -0.160. The molecule has 4 atom stereocenters. The van der Waals surface area contributed by atoms with Gasteiger partial charge in [0, 0.05) is 19.0 Å². The van der Waals surface area contributed by atoms with Crippen LogP contribution < -0.4 is 10.2 Å². The van der Waals surface area contributed by atoms with Crippen LogP contribution in [0.2, 0.25) is 0 Å². The molecule has 10 heteroatoms. The van der Waals surface area contributed by atoms with Gasteiger partial charge in [0.15, 0.2) is 23.9 Å². The van der Waals surface area contributed by atoms with Crippen molar-refractivity contribution in [2.45, 2.75) is 127 Å². The van der Waals surface area contributed by atoms with Crippen molar-refractivity contribution >= 4 is 24.3 Å². The van der Waals surface area contributed by atoms with Gasteiger partial charge in [0.1, 0.15) is 12.7 Å². The number of nitrogens with one attached hydrogen (secondary N) is 1. The van der Waals surface area contributed by atoms with E-state index in [4.69, 9.17) is 24.4 Å². The maximum absolute atomic E-state index is 12.7. The third-order valence-corrected chi connectivity index (χ3v) is 7.39. The summed E-state index contributed by atoms with van der Waals surface area (Å²) < 4.78 is 25.2. The van der Waals surface area contributed by atoms with E-state index in [0.717, 1.165) is 64.2 Å². The average Bonchev–Trinajstić information content (AvgIpc) is 3.45. The van der Waals surface area contributed by atoms with Crippen molar-refractivity contribution in [2.75, 3.05) is 6.61 Å². The summed E-state index contributed by atoms with van der Waals surface area (Å²) in [5.74, 6) is -0.594. The molecule has 1 aromatic rings. The first-order valence-electron chi connectivity index (χ1n) is 15.1. The van der Waals surface area contributed by atoms with E-state index in [1.165, 1.54) is 25.7 Å². The molecule has 0 aliphatic carbocycles. The highest BCUT2D eigenvalue weighted by Gasteiger charge is 2.54. The smallest absolute Gasteiger partial charge is 0.306 e. The number of ether oxygens (including phenoxy) is 4. The number of rotatable bonds is 21. The van der Waals surface area contributed by atoms with E-state index in [-0.39, 0.29) is 42.5 Å². The van der Waals surface area contributed by atoms with Gasteiger partial charge in [-0.3, -0.25) is 19.6 Å². The fourth-order valence-corrected chi connectivity index (χ4v) is 5.14. The second kappa shape index (κ2) is 19.5. The van der Waals surface area contributed by atoms with Crippen LogP contribution in [-0.2, 0) is 23.8 Å². The Hall–Kier alpha value is -2.65. The minimum absolute atomic E-state index is 0. The quantitative estimate of drug-likeness (QED) is 0.0981. The van der Waals surface area contributed by atoms with E-state index in [0.29, 0.717) is 12.8 Å². The van der Waals surface area contributed by atoms with Gasteiger partial charge in [0.25, 0.3) is 0 Å². The SMILES string of the molecule is C=CCCCCCCCCC(=O)OC[C@H]1O[C@@H]2[C@@H](Oc3nc(=N)ccn32)[C@@H]1OC(=O)CCCCCCCCC=C.Cl. The van der Waals surface area contributed by atoms with E-state index in [2.05, 4.69) is 18.1 Å². The Labute approximate surface area is 250 Å². The van der Waals surface area contributed by atoms with Gasteiger partial charge in [-0.1, -0.05) is 63.5 Å². The maximum atomic E-state index is 12.7. The van der Waals surface area contributed by atoms with Crippen molar-refractivity contribution in [3.63, 3.8) is 0 Å². The Morgan fingerprint density at radius 3 is 2.07 bits per heavy atom. The van der Waals surface area contributed by atoms with E-state index in [9.17, 15) is 9.59 Å². The molecule has 2 aliphatic rings. The molecular formula is C31H48ClN3O6. The van der Waals surface area contributed by atoms with Crippen LogP contribution in [0.3, 0.4) is 0 Å². The summed E-state index contributed by atoms with van der Waals surface area (Å²) in [7, 11) is 0. The van der Waals surface area contributed by atoms with Crippen molar-refractivity contribution in [2.24, 2.45) is 0 Å². The van der Waals surface area contributed by atoms with Crippen molar-refractivity contribution < 1.29 is 28.5 Å². The predicted molar refractivity (Wildman–Crippen MR) is 159 cm³/mol. The Morgan fingerprint density at radius 2 is 1.46 bits per heavy atom. The number of halogens is 1. The van der Waals surface area contributed by atoms with Crippen LogP contribution >= 0.6 is 12.4 Å². The Bertz CT molecular complexity index is 1020. The highest BCUT2D eigenvalue weighted by atomic mass is 35.5. The Balaban J connectivity index is 0.00000588. The molecule has 1 saturated heterocycles. The Morgan fingerprint density at radius 1 is 0.902 bits per heavy atom. The summed E-state index contributed by atoms with van der Waals surface area (Å²) in [4.78, 5) is 29.3. The number of aromatic nitrogens is 2. The monoisotopic (exact) mass is 593 g/mol. The highest BCUT2D eigenvalue weighted by molar-refractivity contribution is 5.85. The normalized spacial score (nSPS) is 20.3. The van der Waals surface area contributed by atoms with Gasteiger partial charge in [-0.05, 0) is 44.6 Å². The number of carbonyl (C=O) groups is 2. The molecule has 1 aromatic heterocycles. The van der Waals surface area contributed by atoms with Crippen LogP contribution in [-0.4, -0.2) is 46.4 Å². The molecule has 230 valence electrons. The summed E-state index contributed by atoms with van der Waals surface area (Å²) in [5, 5.41) is 7.77. The number of carbonyl (C=O) groups excluding carboxylic acids is 2. The fourth-order valence-electron chi connectivity index (χ4n) is 5.14. The molecule has 0 spiro atoms. The van der Waals surface area contributed by atoms with Gasteiger partial charge in [-0.25, -0.2) is 0 Å². The van der Waals surface area contributed by atoms with Crippen LogP contribution in [0.4, 0.5) is 0 Å². The Kier molecular flexibility index (Phi) is 16.4. The van der Waals surface area contributed by atoms with Crippen LogP contribution in [0.25, 0.3) is 0 Å². The van der Waals surface area contributed by atoms with Crippen LogP contribution in [0.1, 0.15) is 109 Å². The van der Waals surface area contributed by atoms with Gasteiger partial charge >= 0.3 is 17.9 Å². The lowest BCUT2D eigenvalue weighted by atomic mass is 10.1. The molecule has 0 saturated carbocycles. The molecule has 0 unspecified atom stereocenters. The standard InChI is InChI=1S/C31H47N3O6.ClH/c1-3-5-7-9-11-13-15-17-19-26(35)37-23-24-28(39-27(36)20-18-16-14-12-10-8-6-4-2)29-30(38-24)34-22-21-25(32)33-31(34)40-29;/h3-4,21-22,24,28-30,32H,1-2,5-20,23H2;1H/t24-,28-,29+,30-;/m1./s1. The molecule has 9 nitrogen and oxygen atoms in total. The number of nitrogens with zero attached hydrogens (tertiary/aromatic N) is 2. The van der Waals surface area contributed by atoms with Gasteiger partial charge in [-0.2, -0.15) is 4.98 Å². The van der Waals surface area contributed by atoms with Gasteiger partial charge < -0.3 is 18.9 Å². The fraction of sp³-hybridized carbons (Fsp3) is 0.677. The molecule has 3 rings (SSSR count). The number of fused-ring (bicyclic) bond motifs is 3. The molecule has 0 aromatic carbocycles. The molecule has 0 bridgehead atoms. The van der Waals surface area contributed by atoms with E-state index >= 15 is 0 Å². The lowest BCUT2D eigenvalue weighted by Crippen LogP contribution is -2.40. The highest BCUT2D eigenvalue weighted by Crippen LogP contribution is 2.40. The van der Waals surface area contributed by atoms with Crippen molar-refractivity contribution in [1.29, 1.82) is 5.41 Å². The van der Waals surface area contributed by atoms with Crippen LogP contribution in [0, 0.1) is 5.41 Å². The second-order valence-electron chi connectivity index (χ2n) is 10.7. The number of unbranched alkanes of at least 4 members (excludes halogenated alkanes) is 12. The molecule has 0 radical (unpaired) electrons. The number of allylic oxidation sites excluding steroid dienone is 2. The van der Waals surface area contributed by atoms with Crippen molar-refractivity contribution in [3.05, 3.63) is 43.1 Å². The zero-order valence-corrected chi connectivity index (χ0v) is 25.1. The molecule has 2 aliphatic heterocycles. The van der Waals surface area contributed by atoms with Crippen molar-refractivity contribution in [3.8, 4) is 6.01 Å². The molecule has 0 amide bonds. The zero-order chi connectivity index (χ0) is 28.6. The maximum Gasteiger partial charge on any atom is 0.306 e. The summed E-state index contributed by atoms with van der Waals surface area (Å²) in [5.41, 5.74) is 0.0755. The van der Waals surface area contributed by atoms with E-state index in [1.807, 2.05) is 12.2 Å². The van der Waals surface area contributed by atoms with Gasteiger partial charge in [-0.15, -0.1) is 25.6 Å². The number of esters is 2. The minimum Gasteiger partial charge on any atom is -0.463 e. The average molecular weight is 594 g/mol.